The van der Waals surface area contributed by atoms with Gasteiger partial charge >= 0.3 is 0 Å². The number of rotatable bonds is 2. The Morgan fingerprint density at radius 1 is 1.38 bits per heavy atom. The molecular formula is C8H10ClNO2S. The Balaban J connectivity index is 3.08. The molecule has 0 spiro atoms. The molecule has 0 saturated carbocycles. The lowest BCUT2D eigenvalue weighted by Gasteiger charge is -2.02. The molecule has 0 radical (unpaired) electrons. The summed E-state index contributed by atoms with van der Waals surface area (Å²) in [6.07, 6.45) is 0. The lowest BCUT2D eigenvalue weighted by atomic mass is 10.2. The van der Waals surface area contributed by atoms with Crippen molar-refractivity contribution in [2.45, 2.75) is 19.6 Å². The Morgan fingerprint density at radius 2 is 2.00 bits per heavy atom. The monoisotopic (exact) mass is 219 g/mol. The number of aryl methyl sites for hydroxylation is 2. The first kappa shape index (κ1) is 10.5. The van der Waals surface area contributed by atoms with Crippen LogP contribution in [0.25, 0.3) is 0 Å². The van der Waals surface area contributed by atoms with Gasteiger partial charge in [-0.3, -0.25) is 4.98 Å². The Morgan fingerprint density at radius 3 is 2.54 bits per heavy atom. The van der Waals surface area contributed by atoms with E-state index in [-0.39, 0.29) is 5.75 Å². The molecule has 1 rings (SSSR count). The van der Waals surface area contributed by atoms with Crippen molar-refractivity contribution in [2.24, 2.45) is 0 Å². The molecule has 13 heavy (non-hydrogen) atoms. The Labute approximate surface area is 82.2 Å². The summed E-state index contributed by atoms with van der Waals surface area (Å²) in [5.74, 6) is -0.206. The normalized spacial score (nSPS) is 11.6. The van der Waals surface area contributed by atoms with Gasteiger partial charge < -0.3 is 0 Å². The maximum Gasteiger partial charge on any atom is 0.238 e. The van der Waals surface area contributed by atoms with E-state index < -0.39 is 9.05 Å². The van der Waals surface area contributed by atoms with E-state index in [1.165, 1.54) is 0 Å². The molecule has 0 atom stereocenters. The van der Waals surface area contributed by atoms with Gasteiger partial charge in [0.25, 0.3) is 0 Å². The van der Waals surface area contributed by atoms with Gasteiger partial charge in [-0.15, -0.1) is 0 Å². The maximum atomic E-state index is 10.8. The van der Waals surface area contributed by atoms with Crippen molar-refractivity contribution < 1.29 is 8.42 Å². The summed E-state index contributed by atoms with van der Waals surface area (Å²) in [5.41, 5.74) is 2.16. The fourth-order valence-electron chi connectivity index (χ4n) is 0.990. The molecule has 0 amide bonds. The molecule has 0 N–H and O–H groups in total. The molecule has 0 unspecified atom stereocenters. The van der Waals surface area contributed by atoms with Crippen molar-refractivity contribution in [1.29, 1.82) is 0 Å². The second-order valence-electron chi connectivity index (χ2n) is 2.90. The van der Waals surface area contributed by atoms with Crippen LogP contribution in [0, 0.1) is 13.8 Å². The second kappa shape index (κ2) is 3.64. The van der Waals surface area contributed by atoms with Gasteiger partial charge in [-0.1, -0.05) is 6.07 Å². The van der Waals surface area contributed by atoms with Crippen LogP contribution >= 0.6 is 10.7 Å². The van der Waals surface area contributed by atoms with Crippen LogP contribution < -0.4 is 0 Å². The number of halogens is 1. The Bertz CT molecular complexity index is 414. The van der Waals surface area contributed by atoms with Gasteiger partial charge in [0, 0.05) is 16.4 Å². The molecule has 0 saturated heterocycles. The minimum atomic E-state index is -3.51. The standard InChI is InChI=1S/C8H10ClNO2S/c1-6-3-4-7(2)10-8(6)5-13(9,11)12/h3-4H,5H2,1-2H3. The van der Waals surface area contributed by atoms with Crippen molar-refractivity contribution in [3.05, 3.63) is 29.1 Å². The highest BCUT2D eigenvalue weighted by Crippen LogP contribution is 2.12. The van der Waals surface area contributed by atoms with Gasteiger partial charge in [-0.05, 0) is 25.5 Å². The summed E-state index contributed by atoms with van der Waals surface area (Å²) in [6.45, 7) is 3.62. The average Bonchev–Trinajstić information content (AvgIpc) is 1.94. The van der Waals surface area contributed by atoms with Gasteiger partial charge in [0.15, 0.2) is 0 Å². The molecule has 0 aliphatic heterocycles. The molecule has 1 aromatic heterocycles. The van der Waals surface area contributed by atoms with E-state index in [0.29, 0.717) is 5.69 Å². The molecule has 3 nitrogen and oxygen atoms in total. The van der Waals surface area contributed by atoms with E-state index in [1.807, 2.05) is 26.0 Å². The quantitative estimate of drug-likeness (QED) is 0.713. The van der Waals surface area contributed by atoms with Gasteiger partial charge in [0.05, 0.1) is 5.69 Å². The summed E-state index contributed by atoms with van der Waals surface area (Å²) in [6, 6.07) is 3.67. The molecule has 0 aliphatic rings. The van der Waals surface area contributed by atoms with E-state index in [9.17, 15) is 8.42 Å². The zero-order chi connectivity index (χ0) is 10.1. The molecule has 0 aromatic carbocycles. The fourth-order valence-corrected chi connectivity index (χ4v) is 1.92. The number of hydrogen-bond acceptors (Lipinski definition) is 3. The Kier molecular flexibility index (Phi) is 2.93. The first-order valence-electron chi connectivity index (χ1n) is 3.74. The van der Waals surface area contributed by atoms with E-state index in [0.717, 1.165) is 11.3 Å². The third-order valence-electron chi connectivity index (χ3n) is 1.65. The van der Waals surface area contributed by atoms with Gasteiger partial charge in [0.1, 0.15) is 5.75 Å². The highest BCUT2D eigenvalue weighted by atomic mass is 35.7. The van der Waals surface area contributed by atoms with Crippen LogP contribution in [0.15, 0.2) is 12.1 Å². The molecule has 1 aromatic rings. The maximum absolute atomic E-state index is 10.8. The van der Waals surface area contributed by atoms with Crippen molar-refractivity contribution in [3.63, 3.8) is 0 Å². The number of pyridine rings is 1. The summed E-state index contributed by atoms with van der Waals surface area (Å²) in [5, 5.41) is 0. The Hall–Kier alpha value is -0.610. The summed E-state index contributed by atoms with van der Waals surface area (Å²) >= 11 is 0. The topological polar surface area (TPSA) is 47.0 Å². The third kappa shape index (κ3) is 3.32. The number of hydrogen-bond donors (Lipinski definition) is 0. The fraction of sp³-hybridized carbons (Fsp3) is 0.375. The minimum absolute atomic E-state index is 0.206. The first-order chi connectivity index (χ1) is 5.88. The van der Waals surface area contributed by atoms with E-state index >= 15 is 0 Å². The second-order valence-corrected chi connectivity index (χ2v) is 5.68. The average molecular weight is 220 g/mol. The zero-order valence-corrected chi connectivity index (χ0v) is 8.98. The lowest BCUT2D eigenvalue weighted by Crippen LogP contribution is -2.01. The summed E-state index contributed by atoms with van der Waals surface area (Å²) < 4.78 is 21.6. The van der Waals surface area contributed by atoms with E-state index in [4.69, 9.17) is 10.7 Å². The molecular weight excluding hydrogens is 210 g/mol. The minimum Gasteiger partial charge on any atom is -0.257 e. The van der Waals surface area contributed by atoms with Gasteiger partial charge in [-0.25, -0.2) is 8.42 Å². The van der Waals surface area contributed by atoms with Crippen LogP contribution in [0.4, 0.5) is 0 Å². The van der Waals surface area contributed by atoms with E-state index in [1.54, 1.807) is 0 Å². The molecule has 1 heterocycles. The van der Waals surface area contributed by atoms with Crippen LogP contribution in [-0.4, -0.2) is 13.4 Å². The molecule has 5 heteroatoms. The van der Waals surface area contributed by atoms with Crippen molar-refractivity contribution >= 4 is 19.7 Å². The van der Waals surface area contributed by atoms with Crippen molar-refractivity contribution in [1.82, 2.24) is 4.98 Å². The van der Waals surface area contributed by atoms with Crippen LogP contribution in [0.2, 0.25) is 0 Å². The van der Waals surface area contributed by atoms with Gasteiger partial charge in [-0.2, -0.15) is 0 Å². The largest absolute Gasteiger partial charge is 0.257 e. The molecule has 0 bridgehead atoms. The van der Waals surface area contributed by atoms with E-state index in [2.05, 4.69) is 4.98 Å². The van der Waals surface area contributed by atoms with Crippen LogP contribution in [0.1, 0.15) is 17.0 Å². The van der Waals surface area contributed by atoms with Crippen molar-refractivity contribution in [2.75, 3.05) is 0 Å². The highest BCUT2D eigenvalue weighted by molar-refractivity contribution is 8.13. The van der Waals surface area contributed by atoms with Gasteiger partial charge in [0.2, 0.25) is 9.05 Å². The predicted octanol–water partition coefficient (Wildman–Crippen LogP) is 1.77. The summed E-state index contributed by atoms with van der Waals surface area (Å²) in [7, 11) is 1.62. The van der Waals surface area contributed by atoms with Crippen molar-refractivity contribution in [3.8, 4) is 0 Å². The molecule has 72 valence electrons. The predicted molar refractivity (Wildman–Crippen MR) is 52.2 cm³/mol. The smallest absolute Gasteiger partial charge is 0.238 e. The van der Waals surface area contributed by atoms with Crippen LogP contribution in [-0.2, 0) is 14.8 Å². The molecule has 0 aliphatic carbocycles. The SMILES string of the molecule is Cc1ccc(C)c(CS(=O)(=O)Cl)n1. The van der Waals surface area contributed by atoms with Crippen LogP contribution in [0.5, 0.6) is 0 Å². The third-order valence-corrected chi connectivity index (χ3v) is 2.60. The van der Waals surface area contributed by atoms with Crippen LogP contribution in [0.3, 0.4) is 0 Å². The summed E-state index contributed by atoms with van der Waals surface area (Å²) in [4.78, 5) is 4.09. The first-order valence-corrected chi connectivity index (χ1v) is 6.22. The highest BCUT2D eigenvalue weighted by Gasteiger charge is 2.10. The number of aromatic nitrogens is 1. The zero-order valence-electron chi connectivity index (χ0n) is 7.41. The lowest BCUT2D eigenvalue weighted by molar-refractivity contribution is 0.608. The number of nitrogens with zero attached hydrogens (tertiary/aromatic N) is 1. The molecule has 0 fully saturated rings.